The van der Waals surface area contributed by atoms with Crippen LogP contribution < -0.4 is 5.32 Å². The highest BCUT2D eigenvalue weighted by Crippen LogP contribution is 2.38. The molecule has 0 aromatic heterocycles. The third kappa shape index (κ3) is 2.11. The number of aromatic hydroxyl groups is 1. The molecule has 0 bridgehead atoms. The number of phenols is 1. The smallest absolute Gasteiger partial charge is 0.121 e. The summed E-state index contributed by atoms with van der Waals surface area (Å²) in [4.78, 5) is 0. The molecule has 0 saturated carbocycles. The molecule has 1 unspecified atom stereocenters. The van der Waals surface area contributed by atoms with Gasteiger partial charge in [0.1, 0.15) is 5.75 Å². The van der Waals surface area contributed by atoms with Gasteiger partial charge in [0.05, 0.1) is 0 Å². The van der Waals surface area contributed by atoms with Gasteiger partial charge in [0.25, 0.3) is 0 Å². The summed E-state index contributed by atoms with van der Waals surface area (Å²) >= 11 is 3.63. The molecule has 1 aliphatic rings. The molecule has 88 valence electrons. The van der Waals surface area contributed by atoms with Gasteiger partial charge in [-0.3, -0.25) is 0 Å². The van der Waals surface area contributed by atoms with Crippen molar-refractivity contribution in [2.75, 3.05) is 13.1 Å². The van der Waals surface area contributed by atoms with E-state index in [4.69, 9.17) is 0 Å². The fraction of sp³-hybridized carbons (Fsp3) is 0.538. The summed E-state index contributed by atoms with van der Waals surface area (Å²) in [5.41, 5.74) is 3.24. The van der Waals surface area contributed by atoms with Crippen LogP contribution in [0.25, 0.3) is 0 Å². The van der Waals surface area contributed by atoms with Crippen LogP contribution in [-0.4, -0.2) is 18.2 Å². The Bertz CT molecular complexity index is 397. The Kier molecular flexibility index (Phi) is 3.55. The van der Waals surface area contributed by atoms with Crippen molar-refractivity contribution < 1.29 is 5.11 Å². The second-order valence-corrected chi connectivity index (χ2v) is 5.46. The maximum atomic E-state index is 10.0. The molecule has 0 amide bonds. The number of halogens is 1. The van der Waals surface area contributed by atoms with Crippen molar-refractivity contribution in [1.29, 1.82) is 0 Å². The molecule has 1 heterocycles. The van der Waals surface area contributed by atoms with E-state index in [9.17, 15) is 5.11 Å². The molecule has 0 aliphatic carbocycles. The number of benzene rings is 1. The van der Waals surface area contributed by atoms with Gasteiger partial charge in [0.2, 0.25) is 0 Å². The molecule has 2 rings (SSSR count). The Morgan fingerprint density at radius 2 is 2.19 bits per heavy atom. The van der Waals surface area contributed by atoms with Crippen LogP contribution in [0.4, 0.5) is 0 Å². The van der Waals surface area contributed by atoms with Crippen LogP contribution in [0.15, 0.2) is 10.5 Å². The second-order valence-electron chi connectivity index (χ2n) is 4.61. The highest BCUT2D eigenvalue weighted by molar-refractivity contribution is 9.10. The molecule has 0 spiro atoms. The first-order valence-electron chi connectivity index (χ1n) is 5.80. The first kappa shape index (κ1) is 11.9. The summed E-state index contributed by atoms with van der Waals surface area (Å²) in [5, 5.41) is 13.4. The Labute approximate surface area is 105 Å². The lowest BCUT2D eigenvalue weighted by atomic mass is 9.87. The molecule has 1 aromatic rings. The third-order valence-electron chi connectivity index (χ3n) is 3.44. The SMILES string of the molecule is Cc1cc(Br)c(C2CCCNC2)c(C)c1O. The summed E-state index contributed by atoms with van der Waals surface area (Å²) in [6.07, 6.45) is 2.42. The molecule has 1 fully saturated rings. The number of rotatable bonds is 1. The largest absolute Gasteiger partial charge is 0.507 e. The van der Waals surface area contributed by atoms with Crippen molar-refractivity contribution in [3.05, 3.63) is 27.2 Å². The molecule has 1 atom stereocenters. The van der Waals surface area contributed by atoms with E-state index in [1.165, 1.54) is 18.4 Å². The predicted molar refractivity (Wildman–Crippen MR) is 70.1 cm³/mol. The summed E-state index contributed by atoms with van der Waals surface area (Å²) in [7, 11) is 0. The van der Waals surface area contributed by atoms with Crippen molar-refractivity contribution in [2.45, 2.75) is 32.6 Å². The van der Waals surface area contributed by atoms with Gasteiger partial charge in [-0.25, -0.2) is 0 Å². The summed E-state index contributed by atoms with van der Waals surface area (Å²) < 4.78 is 1.13. The fourth-order valence-corrected chi connectivity index (χ4v) is 3.50. The van der Waals surface area contributed by atoms with Gasteiger partial charge in [-0.1, -0.05) is 15.9 Å². The Morgan fingerprint density at radius 1 is 1.44 bits per heavy atom. The van der Waals surface area contributed by atoms with E-state index in [1.54, 1.807) is 0 Å². The molecule has 1 aliphatic heterocycles. The zero-order valence-corrected chi connectivity index (χ0v) is 11.4. The molecule has 1 saturated heterocycles. The van der Waals surface area contributed by atoms with Crippen molar-refractivity contribution >= 4 is 15.9 Å². The van der Waals surface area contributed by atoms with Crippen LogP contribution in [0.5, 0.6) is 5.75 Å². The van der Waals surface area contributed by atoms with E-state index >= 15 is 0 Å². The molecule has 1 aromatic carbocycles. The van der Waals surface area contributed by atoms with Crippen LogP contribution >= 0.6 is 15.9 Å². The monoisotopic (exact) mass is 283 g/mol. The van der Waals surface area contributed by atoms with Gasteiger partial charge in [0, 0.05) is 11.0 Å². The maximum absolute atomic E-state index is 10.0. The first-order valence-corrected chi connectivity index (χ1v) is 6.60. The zero-order chi connectivity index (χ0) is 11.7. The van der Waals surface area contributed by atoms with Crippen LogP contribution in [0.1, 0.15) is 35.4 Å². The van der Waals surface area contributed by atoms with Crippen molar-refractivity contribution in [2.24, 2.45) is 0 Å². The minimum absolute atomic E-state index is 0.448. The van der Waals surface area contributed by atoms with Gasteiger partial charge in [-0.05, 0) is 61.9 Å². The van der Waals surface area contributed by atoms with Crippen LogP contribution in [0.3, 0.4) is 0 Å². The minimum atomic E-state index is 0.448. The minimum Gasteiger partial charge on any atom is -0.507 e. The van der Waals surface area contributed by atoms with Crippen molar-refractivity contribution in [3.63, 3.8) is 0 Å². The standard InChI is InChI=1S/C13H18BrNO/c1-8-6-11(14)12(9(2)13(8)16)10-4-3-5-15-7-10/h6,10,15-16H,3-5,7H2,1-2H3. The number of nitrogens with one attached hydrogen (secondary N) is 1. The molecule has 16 heavy (non-hydrogen) atoms. The molecular formula is C13H18BrNO. The van der Waals surface area contributed by atoms with Crippen LogP contribution in [0.2, 0.25) is 0 Å². The quantitative estimate of drug-likeness (QED) is 0.829. The first-order chi connectivity index (χ1) is 7.61. The third-order valence-corrected chi connectivity index (χ3v) is 4.09. The Balaban J connectivity index is 2.42. The molecular weight excluding hydrogens is 266 g/mol. The van der Waals surface area contributed by atoms with Gasteiger partial charge < -0.3 is 10.4 Å². The Morgan fingerprint density at radius 3 is 2.81 bits per heavy atom. The average Bonchev–Trinajstić information content (AvgIpc) is 2.28. The van der Waals surface area contributed by atoms with Crippen molar-refractivity contribution in [1.82, 2.24) is 5.32 Å². The second kappa shape index (κ2) is 4.76. The van der Waals surface area contributed by atoms with Crippen molar-refractivity contribution in [3.8, 4) is 5.75 Å². The van der Waals surface area contributed by atoms with E-state index in [0.717, 1.165) is 28.7 Å². The van der Waals surface area contributed by atoms with E-state index in [2.05, 4.69) is 21.2 Å². The maximum Gasteiger partial charge on any atom is 0.121 e. The average molecular weight is 284 g/mol. The number of phenolic OH excluding ortho intramolecular Hbond substituents is 1. The van der Waals surface area contributed by atoms with E-state index in [1.807, 2.05) is 19.9 Å². The normalized spacial score (nSPS) is 21.1. The summed E-state index contributed by atoms with van der Waals surface area (Å²) in [6.45, 7) is 6.08. The number of hydrogen-bond donors (Lipinski definition) is 2. The fourth-order valence-electron chi connectivity index (χ4n) is 2.54. The number of hydrogen-bond acceptors (Lipinski definition) is 2. The molecule has 2 N–H and O–H groups in total. The highest BCUT2D eigenvalue weighted by Gasteiger charge is 2.21. The lowest BCUT2D eigenvalue weighted by molar-refractivity contribution is 0.445. The molecule has 3 heteroatoms. The summed E-state index contributed by atoms with van der Waals surface area (Å²) in [5.74, 6) is 0.971. The topological polar surface area (TPSA) is 32.3 Å². The zero-order valence-electron chi connectivity index (χ0n) is 9.81. The van der Waals surface area contributed by atoms with Gasteiger partial charge in [-0.2, -0.15) is 0 Å². The summed E-state index contributed by atoms with van der Waals surface area (Å²) in [6, 6.07) is 2.02. The highest BCUT2D eigenvalue weighted by atomic mass is 79.9. The predicted octanol–water partition coefficient (Wildman–Crippen LogP) is 3.24. The van der Waals surface area contributed by atoms with E-state index < -0.39 is 0 Å². The van der Waals surface area contributed by atoms with E-state index in [0.29, 0.717) is 11.7 Å². The Hall–Kier alpha value is -0.540. The van der Waals surface area contributed by atoms with Gasteiger partial charge >= 0.3 is 0 Å². The lowest BCUT2D eigenvalue weighted by Gasteiger charge is -2.26. The number of aryl methyl sites for hydroxylation is 1. The van der Waals surface area contributed by atoms with Crippen LogP contribution in [-0.2, 0) is 0 Å². The van der Waals surface area contributed by atoms with Gasteiger partial charge in [-0.15, -0.1) is 0 Å². The van der Waals surface area contributed by atoms with E-state index in [-0.39, 0.29) is 0 Å². The van der Waals surface area contributed by atoms with Gasteiger partial charge in [0.15, 0.2) is 0 Å². The number of piperidine rings is 1. The molecule has 0 radical (unpaired) electrons. The lowest BCUT2D eigenvalue weighted by Crippen LogP contribution is -2.29. The molecule has 2 nitrogen and oxygen atoms in total. The van der Waals surface area contributed by atoms with Crippen LogP contribution in [0, 0.1) is 13.8 Å².